The first-order valence-electron chi connectivity index (χ1n) is 6.02. The van der Waals surface area contributed by atoms with E-state index in [1.165, 1.54) is 10.4 Å². The molecule has 1 heterocycles. The number of aromatic nitrogens is 1. The monoisotopic (exact) mass is 324 g/mol. The molecule has 1 atom stereocenters. The standard InChI is InChI=1S/C14H17BrN2S/c1-10(7-12-3-5-13(15)6-4-12)16-8-14-11(2)17-9-18-14/h3-6,9-10,16H,7-8H2,1-2H3. The van der Waals surface area contributed by atoms with E-state index >= 15 is 0 Å². The minimum Gasteiger partial charge on any atom is -0.309 e. The molecule has 0 spiro atoms. The molecule has 0 aliphatic rings. The quantitative estimate of drug-likeness (QED) is 0.901. The summed E-state index contributed by atoms with van der Waals surface area (Å²) in [5.41, 5.74) is 4.41. The molecule has 1 aromatic heterocycles. The van der Waals surface area contributed by atoms with Crippen molar-refractivity contribution in [2.45, 2.75) is 32.9 Å². The van der Waals surface area contributed by atoms with E-state index in [1.54, 1.807) is 11.3 Å². The smallest absolute Gasteiger partial charge is 0.0798 e. The SMILES string of the molecule is Cc1ncsc1CNC(C)Cc1ccc(Br)cc1. The highest BCUT2D eigenvalue weighted by Gasteiger charge is 2.06. The Morgan fingerprint density at radius 1 is 1.33 bits per heavy atom. The maximum atomic E-state index is 4.26. The Labute approximate surface area is 121 Å². The van der Waals surface area contributed by atoms with Crippen molar-refractivity contribution in [1.29, 1.82) is 0 Å². The Morgan fingerprint density at radius 3 is 2.67 bits per heavy atom. The van der Waals surface area contributed by atoms with Crippen LogP contribution in [0, 0.1) is 6.92 Å². The van der Waals surface area contributed by atoms with Crippen molar-refractivity contribution in [2.24, 2.45) is 0 Å². The number of aryl methyl sites for hydroxylation is 1. The van der Waals surface area contributed by atoms with Gasteiger partial charge in [-0.1, -0.05) is 28.1 Å². The van der Waals surface area contributed by atoms with Crippen LogP contribution in [0.5, 0.6) is 0 Å². The molecule has 4 heteroatoms. The van der Waals surface area contributed by atoms with Crippen LogP contribution in [-0.4, -0.2) is 11.0 Å². The molecular formula is C14H17BrN2S. The molecule has 0 radical (unpaired) electrons. The van der Waals surface area contributed by atoms with Gasteiger partial charge in [-0.2, -0.15) is 0 Å². The molecule has 0 aliphatic carbocycles. The summed E-state index contributed by atoms with van der Waals surface area (Å²) in [4.78, 5) is 5.59. The van der Waals surface area contributed by atoms with E-state index in [-0.39, 0.29) is 0 Å². The normalized spacial score (nSPS) is 12.6. The highest BCUT2D eigenvalue weighted by molar-refractivity contribution is 9.10. The third-order valence-electron chi connectivity index (χ3n) is 2.91. The maximum absolute atomic E-state index is 4.26. The second-order valence-electron chi connectivity index (χ2n) is 4.47. The van der Waals surface area contributed by atoms with Gasteiger partial charge in [-0.05, 0) is 38.0 Å². The molecule has 2 aromatic rings. The van der Waals surface area contributed by atoms with Crippen LogP contribution < -0.4 is 5.32 Å². The van der Waals surface area contributed by atoms with Crippen LogP contribution in [0.25, 0.3) is 0 Å². The zero-order valence-corrected chi connectivity index (χ0v) is 13.0. The molecule has 0 amide bonds. The summed E-state index contributed by atoms with van der Waals surface area (Å²) >= 11 is 5.18. The Balaban J connectivity index is 1.83. The van der Waals surface area contributed by atoms with E-state index in [4.69, 9.17) is 0 Å². The van der Waals surface area contributed by atoms with E-state index in [0.29, 0.717) is 6.04 Å². The van der Waals surface area contributed by atoms with Crippen molar-refractivity contribution in [1.82, 2.24) is 10.3 Å². The molecule has 1 unspecified atom stereocenters. The molecule has 0 saturated heterocycles. The summed E-state index contributed by atoms with van der Waals surface area (Å²) in [6.45, 7) is 5.19. The van der Waals surface area contributed by atoms with Gasteiger partial charge < -0.3 is 5.32 Å². The van der Waals surface area contributed by atoms with Crippen LogP contribution in [0.2, 0.25) is 0 Å². The Kier molecular flexibility index (Phi) is 4.92. The van der Waals surface area contributed by atoms with Crippen molar-refractivity contribution in [3.63, 3.8) is 0 Å². The van der Waals surface area contributed by atoms with Gasteiger partial charge in [0.1, 0.15) is 0 Å². The van der Waals surface area contributed by atoms with Crippen LogP contribution in [0.3, 0.4) is 0 Å². The van der Waals surface area contributed by atoms with Gasteiger partial charge in [-0.15, -0.1) is 11.3 Å². The molecule has 18 heavy (non-hydrogen) atoms. The number of halogens is 1. The summed E-state index contributed by atoms with van der Waals surface area (Å²) in [5, 5.41) is 3.55. The fourth-order valence-electron chi connectivity index (χ4n) is 1.81. The minimum atomic E-state index is 0.465. The highest BCUT2D eigenvalue weighted by atomic mass is 79.9. The van der Waals surface area contributed by atoms with Gasteiger partial charge in [0.05, 0.1) is 11.2 Å². The summed E-state index contributed by atoms with van der Waals surface area (Å²) in [7, 11) is 0. The van der Waals surface area contributed by atoms with Gasteiger partial charge in [-0.3, -0.25) is 0 Å². The number of nitrogens with one attached hydrogen (secondary N) is 1. The van der Waals surface area contributed by atoms with E-state index in [2.05, 4.69) is 64.3 Å². The first-order valence-corrected chi connectivity index (χ1v) is 7.69. The fourth-order valence-corrected chi connectivity index (χ4v) is 2.80. The predicted molar refractivity (Wildman–Crippen MR) is 81.0 cm³/mol. The van der Waals surface area contributed by atoms with Gasteiger partial charge in [-0.25, -0.2) is 4.98 Å². The van der Waals surface area contributed by atoms with Gasteiger partial charge in [0.25, 0.3) is 0 Å². The lowest BCUT2D eigenvalue weighted by molar-refractivity contribution is 0.547. The zero-order chi connectivity index (χ0) is 13.0. The Morgan fingerprint density at radius 2 is 2.06 bits per heavy atom. The van der Waals surface area contributed by atoms with Crippen LogP contribution in [0.4, 0.5) is 0 Å². The Hall–Kier alpha value is -0.710. The van der Waals surface area contributed by atoms with Gasteiger partial charge in [0.2, 0.25) is 0 Å². The zero-order valence-electron chi connectivity index (χ0n) is 10.6. The second-order valence-corrected chi connectivity index (χ2v) is 6.33. The average Bonchev–Trinajstić information content (AvgIpc) is 2.75. The van der Waals surface area contributed by atoms with E-state index < -0.39 is 0 Å². The van der Waals surface area contributed by atoms with Crippen LogP contribution >= 0.6 is 27.3 Å². The molecule has 2 rings (SSSR count). The molecule has 0 fully saturated rings. The van der Waals surface area contributed by atoms with Crippen molar-refractivity contribution >= 4 is 27.3 Å². The third-order valence-corrected chi connectivity index (χ3v) is 4.37. The molecule has 0 saturated carbocycles. The lowest BCUT2D eigenvalue weighted by Crippen LogP contribution is -2.27. The van der Waals surface area contributed by atoms with E-state index in [0.717, 1.165) is 23.1 Å². The van der Waals surface area contributed by atoms with E-state index in [9.17, 15) is 0 Å². The first-order chi connectivity index (χ1) is 8.65. The maximum Gasteiger partial charge on any atom is 0.0798 e. The van der Waals surface area contributed by atoms with Gasteiger partial charge >= 0.3 is 0 Å². The summed E-state index contributed by atoms with van der Waals surface area (Å²) in [6, 6.07) is 8.98. The predicted octanol–water partition coefficient (Wildman–Crippen LogP) is 3.93. The number of hydrogen-bond acceptors (Lipinski definition) is 3. The van der Waals surface area contributed by atoms with Gasteiger partial charge in [0.15, 0.2) is 0 Å². The van der Waals surface area contributed by atoms with Crippen molar-refractivity contribution in [2.75, 3.05) is 0 Å². The van der Waals surface area contributed by atoms with Gasteiger partial charge in [0, 0.05) is 21.9 Å². The van der Waals surface area contributed by atoms with Crippen LogP contribution in [0.1, 0.15) is 23.1 Å². The molecule has 0 aliphatic heterocycles. The first kappa shape index (κ1) is 13.7. The van der Waals surface area contributed by atoms with Crippen molar-refractivity contribution < 1.29 is 0 Å². The van der Waals surface area contributed by atoms with Crippen LogP contribution in [-0.2, 0) is 13.0 Å². The molecule has 0 bridgehead atoms. The average molecular weight is 325 g/mol. The van der Waals surface area contributed by atoms with Crippen LogP contribution in [0.15, 0.2) is 34.2 Å². The highest BCUT2D eigenvalue weighted by Crippen LogP contribution is 2.14. The number of thiazole rings is 1. The number of hydrogen-bond donors (Lipinski definition) is 1. The molecule has 1 aromatic carbocycles. The van der Waals surface area contributed by atoms with E-state index in [1.807, 2.05) is 5.51 Å². The lowest BCUT2D eigenvalue weighted by atomic mass is 10.1. The fraction of sp³-hybridized carbons (Fsp3) is 0.357. The second kappa shape index (κ2) is 6.45. The topological polar surface area (TPSA) is 24.9 Å². The van der Waals surface area contributed by atoms with Crippen molar-refractivity contribution in [3.05, 3.63) is 50.4 Å². The summed E-state index contributed by atoms with van der Waals surface area (Å²) < 4.78 is 1.13. The molecule has 2 nitrogen and oxygen atoms in total. The number of nitrogens with zero attached hydrogens (tertiary/aromatic N) is 1. The third kappa shape index (κ3) is 3.90. The summed E-state index contributed by atoms with van der Waals surface area (Å²) in [5.74, 6) is 0. The Bertz CT molecular complexity index is 493. The molecule has 96 valence electrons. The molecular weight excluding hydrogens is 308 g/mol. The molecule has 1 N–H and O–H groups in total. The minimum absolute atomic E-state index is 0.465. The number of benzene rings is 1. The van der Waals surface area contributed by atoms with Crippen molar-refractivity contribution in [3.8, 4) is 0 Å². The number of rotatable bonds is 5. The summed E-state index contributed by atoms with van der Waals surface area (Å²) in [6.07, 6.45) is 1.05. The largest absolute Gasteiger partial charge is 0.309 e. The lowest BCUT2D eigenvalue weighted by Gasteiger charge is -2.13.